The second-order valence-corrected chi connectivity index (χ2v) is 7.50. The van der Waals surface area contributed by atoms with Crippen molar-refractivity contribution in [3.63, 3.8) is 0 Å². The fourth-order valence-corrected chi connectivity index (χ4v) is 3.69. The molecule has 0 amide bonds. The summed E-state index contributed by atoms with van der Waals surface area (Å²) in [4.78, 5) is 11.1. The highest BCUT2D eigenvalue weighted by Crippen LogP contribution is 2.27. The molecule has 0 aliphatic heterocycles. The summed E-state index contributed by atoms with van der Waals surface area (Å²) >= 11 is 0. The largest absolute Gasteiger partial charge is 0.478 e. The molecule has 7 nitrogen and oxygen atoms in total. The Morgan fingerprint density at radius 3 is 2.46 bits per heavy atom. The molecule has 4 N–H and O–H groups in total. The molecule has 0 fully saturated rings. The van der Waals surface area contributed by atoms with E-state index in [-0.39, 0.29) is 36.1 Å². The summed E-state index contributed by atoms with van der Waals surface area (Å²) < 4.78 is 27.6. The molecular weight excluding hydrogens is 356 g/mol. The predicted molar refractivity (Wildman–Crippen MR) is 98.8 cm³/mol. The van der Waals surface area contributed by atoms with Crippen LogP contribution >= 0.6 is 0 Å². The third-order valence-corrected chi connectivity index (χ3v) is 5.32. The zero-order chi connectivity index (χ0) is 19.2. The van der Waals surface area contributed by atoms with Crippen LogP contribution in [0, 0.1) is 0 Å². The first-order valence-electron chi connectivity index (χ1n) is 8.14. The SMILES string of the molecule is CC(Nc1ccc(C(=O)O)cc1S(=O)(=O)NCCCO)c1ccccc1. The van der Waals surface area contributed by atoms with Crippen LogP contribution in [0.1, 0.15) is 35.3 Å². The van der Waals surface area contributed by atoms with Gasteiger partial charge in [-0.3, -0.25) is 0 Å². The monoisotopic (exact) mass is 378 g/mol. The van der Waals surface area contributed by atoms with Crippen LogP contribution in [0.4, 0.5) is 5.69 Å². The molecule has 140 valence electrons. The lowest BCUT2D eigenvalue weighted by Gasteiger charge is -2.19. The summed E-state index contributed by atoms with van der Waals surface area (Å²) in [5.74, 6) is -1.21. The molecule has 0 spiro atoms. The number of carbonyl (C=O) groups is 1. The molecule has 1 atom stereocenters. The smallest absolute Gasteiger partial charge is 0.335 e. The Bertz CT molecular complexity index is 853. The molecule has 1 unspecified atom stereocenters. The van der Waals surface area contributed by atoms with Crippen molar-refractivity contribution in [2.75, 3.05) is 18.5 Å². The molecule has 26 heavy (non-hydrogen) atoms. The van der Waals surface area contributed by atoms with Crippen LogP contribution in [0.25, 0.3) is 0 Å². The van der Waals surface area contributed by atoms with Crippen molar-refractivity contribution in [1.82, 2.24) is 4.72 Å². The van der Waals surface area contributed by atoms with Crippen LogP contribution in [0.2, 0.25) is 0 Å². The van der Waals surface area contributed by atoms with E-state index in [1.54, 1.807) is 0 Å². The Morgan fingerprint density at radius 2 is 1.85 bits per heavy atom. The minimum Gasteiger partial charge on any atom is -0.478 e. The molecule has 0 saturated heterocycles. The van der Waals surface area contributed by atoms with Crippen LogP contribution < -0.4 is 10.0 Å². The number of carboxylic acids is 1. The maximum Gasteiger partial charge on any atom is 0.335 e. The number of benzene rings is 2. The molecule has 0 aliphatic rings. The Hall–Kier alpha value is -2.42. The van der Waals surface area contributed by atoms with E-state index < -0.39 is 16.0 Å². The number of aliphatic hydroxyl groups is 1. The predicted octanol–water partition coefficient (Wildman–Crippen LogP) is 2.22. The Kier molecular flexibility index (Phi) is 6.73. The van der Waals surface area contributed by atoms with Gasteiger partial charge in [-0.15, -0.1) is 0 Å². The van der Waals surface area contributed by atoms with E-state index in [1.165, 1.54) is 12.1 Å². The number of sulfonamides is 1. The number of hydrogen-bond donors (Lipinski definition) is 4. The average Bonchev–Trinajstić information content (AvgIpc) is 2.62. The maximum atomic E-state index is 12.6. The first kappa shape index (κ1) is 19.9. The minimum atomic E-state index is -3.93. The van der Waals surface area contributed by atoms with Crippen molar-refractivity contribution in [2.45, 2.75) is 24.3 Å². The normalized spacial score (nSPS) is 12.5. The molecule has 0 aromatic heterocycles. The molecule has 0 heterocycles. The van der Waals surface area contributed by atoms with Gasteiger partial charge in [-0.2, -0.15) is 0 Å². The first-order chi connectivity index (χ1) is 12.3. The molecule has 8 heteroatoms. The van der Waals surface area contributed by atoms with Gasteiger partial charge in [0.2, 0.25) is 10.0 Å². The van der Waals surface area contributed by atoms with Crippen LogP contribution in [0.3, 0.4) is 0 Å². The summed E-state index contributed by atoms with van der Waals surface area (Å²) in [6, 6.07) is 13.2. The van der Waals surface area contributed by atoms with Crippen molar-refractivity contribution >= 4 is 21.7 Å². The van der Waals surface area contributed by atoms with Gasteiger partial charge < -0.3 is 15.5 Å². The Balaban J connectivity index is 2.37. The fraction of sp³-hybridized carbons (Fsp3) is 0.278. The third-order valence-electron chi connectivity index (χ3n) is 3.82. The Morgan fingerprint density at radius 1 is 1.15 bits per heavy atom. The summed E-state index contributed by atoms with van der Waals surface area (Å²) in [6.07, 6.45) is 0.265. The van der Waals surface area contributed by atoms with E-state index in [0.717, 1.165) is 11.6 Å². The molecule has 0 radical (unpaired) electrons. The van der Waals surface area contributed by atoms with E-state index in [1.807, 2.05) is 37.3 Å². The molecule has 2 aromatic carbocycles. The van der Waals surface area contributed by atoms with E-state index in [9.17, 15) is 18.3 Å². The Labute approximate surface area is 152 Å². The summed E-state index contributed by atoms with van der Waals surface area (Å²) in [7, 11) is -3.93. The van der Waals surface area contributed by atoms with Gasteiger partial charge in [-0.25, -0.2) is 17.9 Å². The highest BCUT2D eigenvalue weighted by molar-refractivity contribution is 7.89. The van der Waals surface area contributed by atoms with E-state index >= 15 is 0 Å². The van der Waals surface area contributed by atoms with E-state index in [2.05, 4.69) is 10.0 Å². The topological polar surface area (TPSA) is 116 Å². The lowest BCUT2D eigenvalue weighted by atomic mass is 10.1. The number of nitrogens with one attached hydrogen (secondary N) is 2. The van der Waals surface area contributed by atoms with E-state index in [4.69, 9.17) is 5.11 Å². The number of rotatable bonds is 9. The van der Waals surface area contributed by atoms with E-state index in [0.29, 0.717) is 5.69 Å². The van der Waals surface area contributed by atoms with Crippen molar-refractivity contribution in [1.29, 1.82) is 0 Å². The number of hydrogen-bond acceptors (Lipinski definition) is 5. The number of aromatic carboxylic acids is 1. The quantitative estimate of drug-likeness (QED) is 0.497. The number of carboxylic acid groups (broad SMARTS) is 1. The summed E-state index contributed by atoms with van der Waals surface area (Å²) in [5.41, 5.74) is 1.15. The second kappa shape index (κ2) is 8.79. The van der Waals surface area contributed by atoms with Crippen LogP contribution in [0.5, 0.6) is 0 Å². The van der Waals surface area contributed by atoms with Gasteiger partial charge in [0.05, 0.1) is 11.3 Å². The molecule has 0 saturated carbocycles. The van der Waals surface area contributed by atoms with Crippen molar-refractivity contribution in [2.24, 2.45) is 0 Å². The average molecular weight is 378 g/mol. The lowest BCUT2D eigenvalue weighted by molar-refractivity contribution is 0.0696. The fourth-order valence-electron chi connectivity index (χ4n) is 2.42. The van der Waals surface area contributed by atoms with Gasteiger partial charge in [-0.1, -0.05) is 30.3 Å². The highest BCUT2D eigenvalue weighted by Gasteiger charge is 2.21. The molecule has 2 aromatic rings. The second-order valence-electron chi connectivity index (χ2n) is 5.77. The third kappa shape index (κ3) is 5.04. The van der Waals surface area contributed by atoms with Crippen molar-refractivity contribution < 1.29 is 23.4 Å². The van der Waals surface area contributed by atoms with Crippen LogP contribution in [0.15, 0.2) is 53.4 Å². The molecule has 2 rings (SSSR count). The molecular formula is C18H22N2O5S. The summed E-state index contributed by atoms with van der Waals surface area (Å²) in [6.45, 7) is 1.80. The number of aliphatic hydroxyl groups excluding tert-OH is 1. The molecule has 0 bridgehead atoms. The molecule has 0 aliphatic carbocycles. The van der Waals surface area contributed by atoms with Crippen molar-refractivity contribution in [3.05, 3.63) is 59.7 Å². The summed E-state index contributed by atoms with van der Waals surface area (Å²) in [5, 5.41) is 21.1. The van der Waals surface area contributed by atoms with Crippen LogP contribution in [-0.4, -0.2) is 37.8 Å². The standard InChI is InChI=1S/C18H22N2O5S/c1-13(14-6-3-2-4-7-14)20-16-9-8-15(18(22)23)12-17(16)26(24,25)19-10-5-11-21/h2-4,6-9,12-13,19-21H,5,10-11H2,1H3,(H,22,23). The van der Waals surface area contributed by atoms with Gasteiger partial charge in [0.15, 0.2) is 0 Å². The first-order valence-corrected chi connectivity index (χ1v) is 9.63. The van der Waals surface area contributed by atoms with Crippen molar-refractivity contribution in [3.8, 4) is 0 Å². The highest BCUT2D eigenvalue weighted by atomic mass is 32.2. The van der Waals surface area contributed by atoms with Gasteiger partial charge in [-0.05, 0) is 37.1 Å². The van der Waals surface area contributed by atoms with Crippen LogP contribution in [-0.2, 0) is 10.0 Å². The zero-order valence-electron chi connectivity index (χ0n) is 14.3. The van der Waals surface area contributed by atoms with Gasteiger partial charge >= 0.3 is 5.97 Å². The number of anilines is 1. The van der Waals surface area contributed by atoms with Gasteiger partial charge in [0.1, 0.15) is 4.90 Å². The minimum absolute atomic E-state index is 0.0593. The lowest BCUT2D eigenvalue weighted by Crippen LogP contribution is -2.26. The van der Waals surface area contributed by atoms with Gasteiger partial charge in [0.25, 0.3) is 0 Å². The zero-order valence-corrected chi connectivity index (χ0v) is 15.2. The van der Waals surface area contributed by atoms with Gasteiger partial charge in [0, 0.05) is 19.2 Å². The maximum absolute atomic E-state index is 12.6.